The van der Waals surface area contributed by atoms with Crippen molar-refractivity contribution in [1.29, 1.82) is 0 Å². The van der Waals surface area contributed by atoms with E-state index in [0.29, 0.717) is 38.3 Å². The largest absolute Gasteiger partial charge is 0.489 e. The maximum atomic E-state index is 12.7. The second-order valence-electron chi connectivity index (χ2n) is 6.70. The van der Waals surface area contributed by atoms with E-state index in [0.717, 1.165) is 11.3 Å². The van der Waals surface area contributed by atoms with Crippen molar-refractivity contribution in [2.24, 2.45) is 5.73 Å². The molecule has 1 aliphatic rings. The van der Waals surface area contributed by atoms with Crippen molar-refractivity contribution in [1.82, 2.24) is 9.80 Å². The van der Waals surface area contributed by atoms with Gasteiger partial charge in [0.05, 0.1) is 6.04 Å². The van der Waals surface area contributed by atoms with Gasteiger partial charge in [0.1, 0.15) is 12.4 Å². The molecule has 0 saturated carbocycles. The van der Waals surface area contributed by atoms with Gasteiger partial charge in [0.15, 0.2) is 0 Å². The van der Waals surface area contributed by atoms with E-state index in [1.165, 1.54) is 0 Å². The third kappa shape index (κ3) is 4.86. The molecule has 2 aromatic carbocycles. The van der Waals surface area contributed by atoms with Crippen LogP contribution in [-0.2, 0) is 11.4 Å². The molecule has 1 atom stereocenters. The van der Waals surface area contributed by atoms with Crippen LogP contribution < -0.4 is 10.5 Å². The molecule has 0 radical (unpaired) electrons. The highest BCUT2D eigenvalue weighted by Gasteiger charge is 2.26. The fraction of sp³-hybridized carbons (Fsp3) is 0.333. The molecule has 27 heavy (non-hydrogen) atoms. The van der Waals surface area contributed by atoms with Gasteiger partial charge >= 0.3 is 0 Å². The first kappa shape index (κ1) is 18.9. The van der Waals surface area contributed by atoms with E-state index in [4.69, 9.17) is 10.5 Å². The summed E-state index contributed by atoms with van der Waals surface area (Å²) >= 11 is 0. The Balaban J connectivity index is 1.53. The number of piperazine rings is 1. The Morgan fingerprint density at radius 3 is 2.15 bits per heavy atom. The summed E-state index contributed by atoms with van der Waals surface area (Å²) in [4.78, 5) is 28.1. The van der Waals surface area contributed by atoms with Crippen LogP contribution in [0.1, 0.15) is 22.8 Å². The number of benzene rings is 2. The summed E-state index contributed by atoms with van der Waals surface area (Å²) in [6, 6.07) is 16.6. The number of rotatable bonds is 5. The fourth-order valence-corrected chi connectivity index (χ4v) is 3.04. The van der Waals surface area contributed by atoms with Crippen LogP contribution in [0.5, 0.6) is 5.75 Å². The molecule has 0 unspecified atom stereocenters. The smallest absolute Gasteiger partial charge is 0.253 e. The highest BCUT2D eigenvalue weighted by Crippen LogP contribution is 2.16. The molecular weight excluding hydrogens is 342 g/mol. The summed E-state index contributed by atoms with van der Waals surface area (Å²) in [5.74, 6) is 0.627. The minimum absolute atomic E-state index is 0.0301. The molecule has 0 bridgehead atoms. The van der Waals surface area contributed by atoms with Gasteiger partial charge in [0, 0.05) is 31.7 Å². The van der Waals surface area contributed by atoms with Gasteiger partial charge in [-0.2, -0.15) is 0 Å². The number of nitrogens with two attached hydrogens (primary N) is 1. The summed E-state index contributed by atoms with van der Waals surface area (Å²) in [6.45, 7) is 4.24. The zero-order valence-corrected chi connectivity index (χ0v) is 15.5. The summed E-state index contributed by atoms with van der Waals surface area (Å²) < 4.78 is 5.75. The van der Waals surface area contributed by atoms with E-state index in [1.807, 2.05) is 42.5 Å². The van der Waals surface area contributed by atoms with Crippen LogP contribution in [0.4, 0.5) is 0 Å². The molecule has 2 N–H and O–H groups in total. The number of amides is 2. The molecule has 0 aromatic heterocycles. The molecule has 0 aliphatic carbocycles. The number of carbonyl (C=O) groups is 2. The molecule has 142 valence electrons. The van der Waals surface area contributed by atoms with E-state index in [2.05, 4.69) is 0 Å². The normalized spacial score (nSPS) is 15.3. The number of nitrogens with zero attached hydrogens (tertiary/aromatic N) is 2. The minimum atomic E-state index is -0.504. The molecule has 1 heterocycles. The Morgan fingerprint density at radius 2 is 1.56 bits per heavy atom. The Bertz CT molecular complexity index is 767. The average molecular weight is 367 g/mol. The van der Waals surface area contributed by atoms with E-state index in [9.17, 15) is 9.59 Å². The summed E-state index contributed by atoms with van der Waals surface area (Å²) in [5, 5.41) is 0. The van der Waals surface area contributed by atoms with Crippen molar-refractivity contribution in [2.75, 3.05) is 26.2 Å². The summed E-state index contributed by atoms with van der Waals surface area (Å²) in [7, 11) is 0. The van der Waals surface area contributed by atoms with E-state index in [-0.39, 0.29) is 11.8 Å². The second-order valence-corrected chi connectivity index (χ2v) is 6.70. The molecule has 1 aliphatic heterocycles. The predicted octanol–water partition coefficient (Wildman–Crippen LogP) is 1.90. The van der Waals surface area contributed by atoms with Crippen molar-refractivity contribution in [3.05, 3.63) is 65.7 Å². The summed E-state index contributed by atoms with van der Waals surface area (Å²) in [6.07, 6.45) is 0. The molecule has 2 aromatic rings. The van der Waals surface area contributed by atoms with Gasteiger partial charge in [0.25, 0.3) is 5.91 Å². The molecule has 0 spiro atoms. The zero-order chi connectivity index (χ0) is 19.2. The zero-order valence-electron chi connectivity index (χ0n) is 15.5. The van der Waals surface area contributed by atoms with Crippen LogP contribution in [0.25, 0.3) is 0 Å². The number of ether oxygens (including phenoxy) is 1. The SMILES string of the molecule is C[C@@H](N)C(=O)N1CCN(C(=O)c2ccc(OCc3ccccc3)cc2)CC1. The van der Waals surface area contributed by atoms with Crippen LogP contribution in [0.2, 0.25) is 0 Å². The standard InChI is InChI=1S/C21H25N3O3/c1-16(22)20(25)23-11-13-24(14-12-23)21(26)18-7-9-19(10-8-18)27-15-17-5-3-2-4-6-17/h2-10,16H,11-15,22H2,1H3/t16-/m1/s1. The molecule has 6 nitrogen and oxygen atoms in total. The number of hydrogen-bond acceptors (Lipinski definition) is 4. The molecule has 1 saturated heterocycles. The second kappa shape index (κ2) is 8.68. The number of hydrogen-bond donors (Lipinski definition) is 1. The van der Waals surface area contributed by atoms with Gasteiger partial charge < -0.3 is 20.3 Å². The minimum Gasteiger partial charge on any atom is -0.489 e. The Kier molecular flexibility index (Phi) is 6.08. The van der Waals surface area contributed by atoms with Gasteiger partial charge in [0.2, 0.25) is 5.91 Å². The molecule has 6 heteroatoms. The van der Waals surface area contributed by atoms with Crippen LogP contribution in [0.15, 0.2) is 54.6 Å². The molecule has 3 rings (SSSR count). The van der Waals surface area contributed by atoms with Gasteiger partial charge in [-0.05, 0) is 36.8 Å². The molecule has 2 amide bonds. The fourth-order valence-electron chi connectivity index (χ4n) is 3.04. The number of carbonyl (C=O) groups excluding carboxylic acids is 2. The van der Waals surface area contributed by atoms with Gasteiger partial charge in [-0.15, -0.1) is 0 Å². The maximum absolute atomic E-state index is 12.7. The predicted molar refractivity (Wildman–Crippen MR) is 103 cm³/mol. The lowest BCUT2D eigenvalue weighted by atomic mass is 10.1. The van der Waals surface area contributed by atoms with Crippen LogP contribution in [0.3, 0.4) is 0 Å². The van der Waals surface area contributed by atoms with Crippen LogP contribution in [-0.4, -0.2) is 53.8 Å². The molecule has 1 fully saturated rings. The van der Waals surface area contributed by atoms with E-state index < -0.39 is 6.04 Å². The van der Waals surface area contributed by atoms with Crippen molar-refractivity contribution < 1.29 is 14.3 Å². The highest BCUT2D eigenvalue weighted by atomic mass is 16.5. The topological polar surface area (TPSA) is 75.9 Å². The van der Waals surface area contributed by atoms with Crippen molar-refractivity contribution in [2.45, 2.75) is 19.6 Å². The van der Waals surface area contributed by atoms with Crippen molar-refractivity contribution >= 4 is 11.8 Å². The lowest BCUT2D eigenvalue weighted by Crippen LogP contribution is -2.53. The summed E-state index contributed by atoms with van der Waals surface area (Å²) in [5.41, 5.74) is 7.36. The first-order chi connectivity index (χ1) is 13.0. The Labute approximate surface area is 159 Å². The lowest BCUT2D eigenvalue weighted by molar-refractivity contribution is -0.133. The van der Waals surface area contributed by atoms with Crippen molar-refractivity contribution in [3.63, 3.8) is 0 Å². The quantitative estimate of drug-likeness (QED) is 0.876. The van der Waals surface area contributed by atoms with Gasteiger partial charge in [-0.1, -0.05) is 30.3 Å². The first-order valence-electron chi connectivity index (χ1n) is 9.15. The highest BCUT2D eigenvalue weighted by molar-refractivity contribution is 5.94. The lowest BCUT2D eigenvalue weighted by Gasteiger charge is -2.35. The van der Waals surface area contributed by atoms with Crippen LogP contribution in [0, 0.1) is 0 Å². The third-order valence-electron chi connectivity index (χ3n) is 4.62. The third-order valence-corrected chi connectivity index (χ3v) is 4.62. The van der Waals surface area contributed by atoms with Crippen molar-refractivity contribution in [3.8, 4) is 5.75 Å². The monoisotopic (exact) mass is 367 g/mol. The van der Waals surface area contributed by atoms with E-state index >= 15 is 0 Å². The first-order valence-corrected chi connectivity index (χ1v) is 9.15. The Morgan fingerprint density at radius 1 is 0.963 bits per heavy atom. The van der Waals surface area contributed by atoms with E-state index in [1.54, 1.807) is 28.9 Å². The average Bonchev–Trinajstić information content (AvgIpc) is 2.72. The Hall–Kier alpha value is -2.86. The van der Waals surface area contributed by atoms with Crippen LogP contribution >= 0.6 is 0 Å². The van der Waals surface area contributed by atoms with Gasteiger partial charge in [-0.25, -0.2) is 0 Å². The maximum Gasteiger partial charge on any atom is 0.253 e. The van der Waals surface area contributed by atoms with Gasteiger partial charge in [-0.3, -0.25) is 9.59 Å². The molecular formula is C21H25N3O3.